The van der Waals surface area contributed by atoms with E-state index in [1.807, 2.05) is 6.07 Å². The summed E-state index contributed by atoms with van der Waals surface area (Å²) in [6.45, 7) is 1.37. The quantitative estimate of drug-likeness (QED) is 0.254. The summed E-state index contributed by atoms with van der Waals surface area (Å²) in [5.74, 6) is 0.0737. The molecule has 1 rings (SSSR count). The lowest BCUT2D eigenvalue weighted by molar-refractivity contribution is -0.120. The van der Waals surface area contributed by atoms with Crippen molar-refractivity contribution in [1.29, 1.82) is 5.26 Å². The Bertz CT molecular complexity index is 570. The number of nitrogens with zero attached hydrogens (tertiary/aromatic N) is 1. The molecule has 0 amide bonds. The van der Waals surface area contributed by atoms with Crippen LogP contribution in [-0.4, -0.2) is 17.4 Å². The summed E-state index contributed by atoms with van der Waals surface area (Å²) in [5.41, 5.74) is 1.35. The zero-order valence-electron chi connectivity index (χ0n) is 11.4. The van der Waals surface area contributed by atoms with Gasteiger partial charge in [-0.3, -0.25) is 9.59 Å². The summed E-state index contributed by atoms with van der Waals surface area (Å²) in [6, 6.07) is 8.83. The molecule has 0 bridgehead atoms. The monoisotopic (exact) mass is 289 g/mol. The second-order valence-electron chi connectivity index (χ2n) is 4.42. The first-order valence-corrected chi connectivity index (χ1v) is 6.94. The molecular weight excluding hydrogens is 274 g/mol. The Morgan fingerprint density at radius 3 is 2.70 bits per heavy atom. The molecule has 0 fully saturated rings. The van der Waals surface area contributed by atoms with Crippen LogP contribution in [0.5, 0.6) is 0 Å². The number of unbranched alkanes of at least 4 members (excludes halogenated alkanes) is 1. The van der Waals surface area contributed by atoms with Crippen LogP contribution < -0.4 is 0 Å². The molecule has 0 radical (unpaired) electrons. The number of nitriles is 1. The number of halogens is 1. The molecule has 0 N–H and O–H groups in total. The molecule has 104 valence electrons. The molecule has 0 saturated carbocycles. The van der Waals surface area contributed by atoms with Gasteiger partial charge in [0, 0.05) is 12.3 Å². The van der Waals surface area contributed by atoms with Gasteiger partial charge >= 0.3 is 0 Å². The lowest BCUT2D eigenvalue weighted by Crippen LogP contribution is -2.10. The van der Waals surface area contributed by atoms with Gasteiger partial charge < -0.3 is 0 Å². The highest BCUT2D eigenvalue weighted by molar-refractivity contribution is 6.22. The molecule has 0 aliphatic carbocycles. The first-order chi connectivity index (χ1) is 9.58. The van der Waals surface area contributed by atoms with E-state index < -0.39 is 0 Å². The van der Waals surface area contributed by atoms with Crippen molar-refractivity contribution >= 4 is 29.2 Å². The first-order valence-electron chi connectivity index (χ1n) is 6.40. The summed E-state index contributed by atoms with van der Waals surface area (Å²) in [7, 11) is 0. The number of hydrogen-bond donors (Lipinski definition) is 0. The Kier molecular flexibility index (Phi) is 6.69. The Morgan fingerprint density at radius 2 is 2.10 bits per heavy atom. The highest BCUT2D eigenvalue weighted by atomic mass is 35.5. The van der Waals surface area contributed by atoms with Gasteiger partial charge in [0.1, 0.15) is 0 Å². The van der Waals surface area contributed by atoms with Crippen LogP contribution in [0.2, 0.25) is 0 Å². The highest BCUT2D eigenvalue weighted by Gasteiger charge is 2.14. The zero-order chi connectivity index (χ0) is 15.0. The third kappa shape index (κ3) is 4.99. The number of rotatable bonds is 7. The van der Waals surface area contributed by atoms with Crippen LogP contribution in [0, 0.1) is 11.3 Å². The number of ketones is 2. The molecule has 0 spiro atoms. The van der Waals surface area contributed by atoms with Crippen molar-refractivity contribution < 1.29 is 9.59 Å². The number of allylic oxidation sites excluding steroid dienone is 1. The van der Waals surface area contributed by atoms with Gasteiger partial charge in [-0.25, -0.2) is 0 Å². The fourth-order valence-corrected chi connectivity index (χ4v) is 1.95. The van der Waals surface area contributed by atoms with E-state index in [2.05, 4.69) is 0 Å². The maximum Gasteiger partial charge on any atom is 0.166 e. The third-order valence-corrected chi connectivity index (χ3v) is 3.06. The molecule has 0 aliphatic rings. The molecule has 1 aromatic rings. The fourth-order valence-electron chi connectivity index (χ4n) is 1.76. The first kappa shape index (κ1) is 16.1. The van der Waals surface area contributed by atoms with E-state index in [-0.39, 0.29) is 17.1 Å². The fraction of sp³-hybridized carbons (Fsp3) is 0.312. The standard InChI is InChI=1S/C16H16ClNO2/c1-12(19)15(16(20)7-2-3-8-17)10-13-5-4-6-14(9-13)11-18/h4-6,9-10H,2-3,7-8H2,1H3. The van der Waals surface area contributed by atoms with Crippen LogP contribution in [-0.2, 0) is 9.59 Å². The normalized spacial score (nSPS) is 10.9. The van der Waals surface area contributed by atoms with Crippen LogP contribution in [0.4, 0.5) is 0 Å². The number of carbonyl (C=O) groups is 2. The minimum absolute atomic E-state index is 0.176. The Labute approximate surface area is 123 Å². The minimum atomic E-state index is -0.261. The molecule has 1 aromatic carbocycles. The predicted molar refractivity (Wildman–Crippen MR) is 79.4 cm³/mol. The number of Topliss-reactive ketones (excluding diaryl/α,β-unsaturated/α-hetero) is 2. The summed E-state index contributed by atoms with van der Waals surface area (Å²) < 4.78 is 0. The van der Waals surface area contributed by atoms with Crippen molar-refractivity contribution in [2.45, 2.75) is 26.2 Å². The topological polar surface area (TPSA) is 57.9 Å². The summed E-state index contributed by atoms with van der Waals surface area (Å²) in [6.07, 6.45) is 3.29. The van der Waals surface area contributed by atoms with E-state index in [0.717, 1.165) is 6.42 Å². The molecule has 0 aromatic heterocycles. The third-order valence-electron chi connectivity index (χ3n) is 2.79. The molecule has 4 heteroatoms. The van der Waals surface area contributed by atoms with Crippen molar-refractivity contribution in [3.05, 3.63) is 41.0 Å². The molecule has 0 saturated heterocycles. The van der Waals surface area contributed by atoms with Crippen LogP contribution in [0.25, 0.3) is 6.08 Å². The van der Waals surface area contributed by atoms with E-state index in [1.165, 1.54) is 6.92 Å². The molecular formula is C16H16ClNO2. The maximum atomic E-state index is 12.0. The Hall–Kier alpha value is -1.92. The van der Waals surface area contributed by atoms with Gasteiger partial charge in [-0.1, -0.05) is 12.1 Å². The van der Waals surface area contributed by atoms with E-state index in [0.29, 0.717) is 29.8 Å². The van der Waals surface area contributed by atoms with E-state index in [1.54, 1.807) is 30.3 Å². The zero-order valence-corrected chi connectivity index (χ0v) is 12.1. The van der Waals surface area contributed by atoms with Crippen molar-refractivity contribution in [1.82, 2.24) is 0 Å². The molecule has 0 atom stereocenters. The Morgan fingerprint density at radius 1 is 1.35 bits per heavy atom. The number of carbonyl (C=O) groups excluding carboxylic acids is 2. The summed E-state index contributed by atoms with van der Waals surface area (Å²) in [5, 5.41) is 8.84. The van der Waals surface area contributed by atoms with Gasteiger partial charge in [-0.2, -0.15) is 5.26 Å². The van der Waals surface area contributed by atoms with E-state index >= 15 is 0 Å². The van der Waals surface area contributed by atoms with E-state index in [4.69, 9.17) is 16.9 Å². The molecule has 20 heavy (non-hydrogen) atoms. The molecule has 0 heterocycles. The minimum Gasteiger partial charge on any atom is -0.294 e. The predicted octanol–water partition coefficient (Wildman–Crippen LogP) is 3.51. The van der Waals surface area contributed by atoms with Gasteiger partial charge in [0.25, 0.3) is 0 Å². The number of hydrogen-bond acceptors (Lipinski definition) is 3. The van der Waals surface area contributed by atoms with Crippen molar-refractivity contribution in [2.24, 2.45) is 0 Å². The molecule has 0 unspecified atom stereocenters. The van der Waals surface area contributed by atoms with E-state index in [9.17, 15) is 9.59 Å². The average molecular weight is 290 g/mol. The SMILES string of the molecule is CC(=O)C(=Cc1cccc(C#N)c1)C(=O)CCCCCl. The van der Waals surface area contributed by atoms with Crippen molar-refractivity contribution in [3.8, 4) is 6.07 Å². The highest BCUT2D eigenvalue weighted by Crippen LogP contribution is 2.13. The second-order valence-corrected chi connectivity index (χ2v) is 4.80. The van der Waals surface area contributed by atoms with Gasteiger partial charge in [0.15, 0.2) is 11.6 Å². The average Bonchev–Trinajstić information content (AvgIpc) is 2.44. The lowest BCUT2D eigenvalue weighted by atomic mass is 9.99. The Balaban J connectivity index is 2.95. The second kappa shape index (κ2) is 8.29. The van der Waals surface area contributed by atoms with Crippen LogP contribution in [0.1, 0.15) is 37.3 Å². The number of benzene rings is 1. The van der Waals surface area contributed by atoms with Crippen LogP contribution in [0.3, 0.4) is 0 Å². The lowest BCUT2D eigenvalue weighted by Gasteiger charge is -2.03. The van der Waals surface area contributed by atoms with Crippen molar-refractivity contribution in [2.75, 3.05) is 5.88 Å². The van der Waals surface area contributed by atoms with Gasteiger partial charge in [-0.15, -0.1) is 11.6 Å². The summed E-state index contributed by atoms with van der Waals surface area (Å²) >= 11 is 5.57. The van der Waals surface area contributed by atoms with Crippen LogP contribution in [0.15, 0.2) is 29.8 Å². The maximum absolute atomic E-state index is 12.0. The largest absolute Gasteiger partial charge is 0.294 e. The molecule has 3 nitrogen and oxygen atoms in total. The van der Waals surface area contributed by atoms with Crippen LogP contribution >= 0.6 is 11.6 Å². The number of alkyl halides is 1. The summed E-state index contributed by atoms with van der Waals surface area (Å²) in [4.78, 5) is 23.6. The van der Waals surface area contributed by atoms with Crippen molar-refractivity contribution in [3.63, 3.8) is 0 Å². The van der Waals surface area contributed by atoms with Gasteiger partial charge in [0.2, 0.25) is 0 Å². The molecule has 0 aliphatic heterocycles. The smallest absolute Gasteiger partial charge is 0.166 e. The van der Waals surface area contributed by atoms with Gasteiger partial charge in [0.05, 0.1) is 17.2 Å². The van der Waals surface area contributed by atoms with Gasteiger partial charge in [-0.05, 0) is 43.5 Å².